The number of hydrogen-bond donors (Lipinski definition) is 0. The molecule has 0 aromatic heterocycles. The van der Waals surface area contributed by atoms with Crippen LogP contribution in [0.5, 0.6) is 0 Å². The van der Waals surface area contributed by atoms with Gasteiger partial charge < -0.3 is 9.64 Å². The summed E-state index contributed by atoms with van der Waals surface area (Å²) in [6.07, 6.45) is 3.57. The number of carbonyl (C=O) groups is 1. The lowest BCUT2D eigenvalue weighted by Gasteiger charge is -2.38. The summed E-state index contributed by atoms with van der Waals surface area (Å²) < 4.78 is 5.64. The minimum absolute atomic E-state index is 0.147. The van der Waals surface area contributed by atoms with Gasteiger partial charge in [0.15, 0.2) is 0 Å². The number of rotatable bonds is 5. The number of allylic oxidation sites excluding steroid dienone is 1. The number of methoxy groups -OCH3 is 1. The highest BCUT2D eigenvalue weighted by molar-refractivity contribution is 5.97. The normalized spacial score (nSPS) is 21.6. The quantitative estimate of drug-likeness (QED) is 0.617. The molecule has 0 unspecified atom stereocenters. The van der Waals surface area contributed by atoms with Gasteiger partial charge in [-0.25, -0.2) is 0 Å². The van der Waals surface area contributed by atoms with Gasteiger partial charge >= 0.3 is 0 Å². The van der Waals surface area contributed by atoms with Crippen LogP contribution in [-0.4, -0.2) is 37.1 Å². The molecular formula is C20H26N2O2. The Kier molecular flexibility index (Phi) is 6.57. The largest absolute Gasteiger partial charge is 0.381 e. The fraction of sp³-hybridized carbons (Fsp3) is 0.500. The second-order valence-corrected chi connectivity index (χ2v) is 6.70. The molecule has 1 fully saturated rings. The van der Waals surface area contributed by atoms with E-state index in [0.29, 0.717) is 13.1 Å². The average molecular weight is 326 g/mol. The number of amides is 1. The highest BCUT2D eigenvalue weighted by Crippen LogP contribution is 2.25. The third kappa shape index (κ3) is 4.69. The van der Waals surface area contributed by atoms with Crippen LogP contribution in [-0.2, 0) is 16.0 Å². The summed E-state index contributed by atoms with van der Waals surface area (Å²) in [5, 5.41) is 9.28. The van der Waals surface area contributed by atoms with Crippen molar-refractivity contribution in [3.63, 3.8) is 0 Å². The molecule has 4 heteroatoms. The van der Waals surface area contributed by atoms with E-state index in [0.717, 1.165) is 12.8 Å². The van der Waals surface area contributed by atoms with Gasteiger partial charge in [-0.15, -0.1) is 0 Å². The van der Waals surface area contributed by atoms with Crippen LogP contribution in [0.3, 0.4) is 0 Å². The second kappa shape index (κ2) is 8.65. The zero-order chi connectivity index (χ0) is 17.5. The molecule has 1 amide bonds. The van der Waals surface area contributed by atoms with Crippen molar-refractivity contribution in [2.75, 3.05) is 20.2 Å². The van der Waals surface area contributed by atoms with E-state index in [9.17, 15) is 10.1 Å². The maximum Gasteiger partial charge on any atom is 0.264 e. The molecule has 1 aromatic carbocycles. The van der Waals surface area contributed by atoms with E-state index in [1.807, 2.05) is 32.0 Å². The van der Waals surface area contributed by atoms with Crippen LogP contribution in [0.2, 0.25) is 0 Å². The number of benzene rings is 1. The molecule has 1 aromatic rings. The van der Waals surface area contributed by atoms with Crippen molar-refractivity contribution in [2.45, 2.75) is 32.8 Å². The van der Waals surface area contributed by atoms with Gasteiger partial charge in [0.2, 0.25) is 0 Å². The first-order chi connectivity index (χ1) is 11.5. The maximum atomic E-state index is 12.7. The van der Waals surface area contributed by atoms with E-state index >= 15 is 0 Å². The molecule has 0 bridgehead atoms. The molecule has 2 rings (SSSR count). The van der Waals surface area contributed by atoms with Crippen molar-refractivity contribution >= 4 is 5.91 Å². The predicted molar refractivity (Wildman–Crippen MR) is 94.2 cm³/mol. The van der Waals surface area contributed by atoms with Gasteiger partial charge in [-0.1, -0.05) is 50.3 Å². The number of nitrogens with zero attached hydrogens (tertiary/aromatic N) is 2. The van der Waals surface area contributed by atoms with Crippen LogP contribution in [0.4, 0.5) is 0 Å². The molecule has 0 saturated carbocycles. The molecule has 0 N–H and O–H groups in total. The molecule has 24 heavy (non-hydrogen) atoms. The lowest BCUT2D eigenvalue weighted by atomic mass is 9.88. The average Bonchev–Trinajstić information content (AvgIpc) is 2.59. The second-order valence-electron chi connectivity index (χ2n) is 6.70. The molecule has 0 aliphatic carbocycles. The summed E-state index contributed by atoms with van der Waals surface area (Å²) in [5.41, 5.74) is 1.50. The number of carbonyl (C=O) groups excluding carboxylic acids is 1. The van der Waals surface area contributed by atoms with Gasteiger partial charge in [-0.3, -0.25) is 4.79 Å². The summed E-state index contributed by atoms with van der Waals surface area (Å²) >= 11 is 0. The fourth-order valence-electron chi connectivity index (χ4n) is 3.28. The summed E-state index contributed by atoms with van der Waals surface area (Å²) in [6, 6.07) is 12.3. The van der Waals surface area contributed by atoms with Gasteiger partial charge in [0.05, 0.1) is 6.10 Å². The SMILES string of the molecule is CO[C@@H]1CCN(C(=O)/C(C#N)=C/C(C)C)C[C@H]1Cc1ccccc1. The molecule has 0 radical (unpaired) electrons. The van der Waals surface area contributed by atoms with Crippen molar-refractivity contribution in [2.24, 2.45) is 11.8 Å². The Hall–Kier alpha value is -2.12. The van der Waals surface area contributed by atoms with E-state index < -0.39 is 0 Å². The number of likely N-dealkylation sites (tertiary alicyclic amines) is 1. The first kappa shape index (κ1) is 18.2. The Balaban J connectivity index is 2.11. The fourth-order valence-corrected chi connectivity index (χ4v) is 3.28. The molecule has 1 heterocycles. The number of piperidine rings is 1. The Morgan fingerprint density at radius 1 is 1.42 bits per heavy atom. The molecule has 0 spiro atoms. The molecule has 2 atom stereocenters. The minimum atomic E-state index is -0.154. The van der Waals surface area contributed by atoms with E-state index in [1.165, 1.54) is 5.56 Å². The first-order valence-corrected chi connectivity index (χ1v) is 8.53. The first-order valence-electron chi connectivity index (χ1n) is 8.53. The number of hydrogen-bond acceptors (Lipinski definition) is 3. The van der Waals surface area contributed by atoms with Crippen molar-refractivity contribution in [3.05, 3.63) is 47.5 Å². The van der Waals surface area contributed by atoms with Gasteiger partial charge in [0.25, 0.3) is 5.91 Å². The van der Waals surface area contributed by atoms with Gasteiger partial charge in [-0.2, -0.15) is 5.26 Å². The Morgan fingerprint density at radius 3 is 2.71 bits per heavy atom. The maximum absolute atomic E-state index is 12.7. The Labute approximate surface area is 144 Å². The molecule has 1 aliphatic rings. The van der Waals surface area contributed by atoms with Crippen molar-refractivity contribution in [1.82, 2.24) is 4.90 Å². The number of nitriles is 1. The van der Waals surface area contributed by atoms with E-state index in [2.05, 4.69) is 18.2 Å². The third-order valence-corrected chi connectivity index (χ3v) is 4.45. The third-order valence-electron chi connectivity index (χ3n) is 4.45. The monoisotopic (exact) mass is 326 g/mol. The number of ether oxygens (including phenoxy) is 1. The Bertz CT molecular complexity index is 616. The molecule has 1 saturated heterocycles. The minimum Gasteiger partial charge on any atom is -0.381 e. The Morgan fingerprint density at radius 2 is 2.12 bits per heavy atom. The van der Waals surface area contributed by atoms with Crippen LogP contribution >= 0.6 is 0 Å². The van der Waals surface area contributed by atoms with Crippen LogP contribution < -0.4 is 0 Å². The predicted octanol–water partition coefficient (Wildman–Crippen LogP) is 3.20. The van der Waals surface area contributed by atoms with Crippen LogP contribution in [0.25, 0.3) is 0 Å². The van der Waals surface area contributed by atoms with E-state index in [1.54, 1.807) is 18.1 Å². The lowest BCUT2D eigenvalue weighted by molar-refractivity contribution is -0.131. The zero-order valence-electron chi connectivity index (χ0n) is 14.7. The summed E-state index contributed by atoms with van der Waals surface area (Å²) in [6.45, 7) is 5.21. The van der Waals surface area contributed by atoms with E-state index in [4.69, 9.17) is 4.74 Å². The van der Waals surface area contributed by atoms with Crippen molar-refractivity contribution in [1.29, 1.82) is 5.26 Å². The van der Waals surface area contributed by atoms with Crippen LogP contribution in [0, 0.1) is 23.2 Å². The lowest BCUT2D eigenvalue weighted by Crippen LogP contribution is -2.47. The topological polar surface area (TPSA) is 53.3 Å². The van der Waals surface area contributed by atoms with Crippen molar-refractivity contribution in [3.8, 4) is 6.07 Å². The molecule has 1 aliphatic heterocycles. The van der Waals surface area contributed by atoms with Gasteiger partial charge in [0.1, 0.15) is 11.6 Å². The summed E-state index contributed by atoms with van der Waals surface area (Å²) in [4.78, 5) is 14.5. The van der Waals surface area contributed by atoms with E-state index in [-0.39, 0.29) is 29.4 Å². The highest BCUT2D eigenvalue weighted by Gasteiger charge is 2.32. The zero-order valence-corrected chi connectivity index (χ0v) is 14.7. The van der Waals surface area contributed by atoms with Crippen LogP contribution in [0.1, 0.15) is 25.8 Å². The van der Waals surface area contributed by atoms with Crippen molar-refractivity contribution < 1.29 is 9.53 Å². The summed E-state index contributed by atoms with van der Waals surface area (Å²) in [7, 11) is 1.74. The molecule has 4 nitrogen and oxygen atoms in total. The smallest absolute Gasteiger partial charge is 0.264 e. The standard InChI is InChI=1S/C20H26N2O2/c1-15(2)11-17(13-21)20(23)22-10-9-19(24-3)18(14-22)12-16-7-5-4-6-8-16/h4-8,11,15,18-19H,9-10,12,14H2,1-3H3/b17-11+/t18-,19-/m1/s1. The van der Waals surface area contributed by atoms with Gasteiger partial charge in [-0.05, 0) is 24.3 Å². The molecular weight excluding hydrogens is 300 g/mol. The highest BCUT2D eigenvalue weighted by atomic mass is 16.5. The van der Waals surface area contributed by atoms with Crippen LogP contribution in [0.15, 0.2) is 42.0 Å². The molecule has 128 valence electrons. The summed E-state index contributed by atoms with van der Waals surface area (Å²) in [5.74, 6) is 0.271. The van der Waals surface area contributed by atoms with Gasteiger partial charge in [0, 0.05) is 26.1 Å².